The number of anilines is 1. The second-order valence-electron chi connectivity index (χ2n) is 3.31. The van der Waals surface area contributed by atoms with Crippen LogP contribution in [-0.4, -0.2) is 20.0 Å². The van der Waals surface area contributed by atoms with Crippen LogP contribution in [0.2, 0.25) is 0 Å². The molecule has 0 amide bonds. The smallest absolute Gasteiger partial charge is 0.290 e. The number of nitrogen functional groups attached to an aromatic ring is 1. The average Bonchev–Trinajstić information content (AvgIpc) is 2.74. The first-order valence-electron chi connectivity index (χ1n) is 4.43. The van der Waals surface area contributed by atoms with Crippen molar-refractivity contribution >= 4 is 5.82 Å². The molecule has 2 N–H and O–H groups in total. The van der Waals surface area contributed by atoms with Gasteiger partial charge in [-0.05, 0) is 0 Å². The molecule has 2 aromatic rings. The quantitative estimate of drug-likeness (QED) is 0.849. The summed E-state index contributed by atoms with van der Waals surface area (Å²) in [4.78, 5) is 4.83. The van der Waals surface area contributed by atoms with Gasteiger partial charge in [0.25, 0.3) is 5.92 Å². The minimum absolute atomic E-state index is 0.0628. The maximum Gasteiger partial charge on any atom is 0.290 e. The van der Waals surface area contributed by atoms with E-state index < -0.39 is 11.6 Å². The third-order valence-corrected chi connectivity index (χ3v) is 1.83. The van der Waals surface area contributed by atoms with Crippen molar-refractivity contribution < 1.29 is 13.2 Å². The van der Waals surface area contributed by atoms with E-state index in [1.807, 2.05) is 0 Å². The van der Waals surface area contributed by atoms with Gasteiger partial charge >= 0.3 is 0 Å². The van der Waals surface area contributed by atoms with Gasteiger partial charge < -0.3 is 10.2 Å². The summed E-state index contributed by atoms with van der Waals surface area (Å²) in [6, 6.07) is 0. The highest BCUT2D eigenvalue weighted by atomic mass is 19.3. The highest BCUT2D eigenvalue weighted by molar-refractivity contribution is 5.19. The van der Waals surface area contributed by atoms with Crippen LogP contribution in [0, 0.1) is 0 Å². The molecule has 0 saturated heterocycles. The summed E-state index contributed by atoms with van der Waals surface area (Å²) in [6.45, 7) is 0.812. The molecule has 2 rings (SSSR count). The minimum Gasteiger partial charge on any atom is -0.446 e. The summed E-state index contributed by atoms with van der Waals surface area (Å²) >= 11 is 0. The van der Waals surface area contributed by atoms with Crippen molar-refractivity contribution in [3.63, 3.8) is 0 Å². The number of hydrogen-bond donors (Lipinski definition) is 1. The van der Waals surface area contributed by atoms with E-state index in [4.69, 9.17) is 10.2 Å². The van der Waals surface area contributed by atoms with E-state index in [-0.39, 0.29) is 18.3 Å². The van der Waals surface area contributed by atoms with Gasteiger partial charge in [0, 0.05) is 6.92 Å². The van der Waals surface area contributed by atoms with Crippen LogP contribution in [0.5, 0.6) is 0 Å². The van der Waals surface area contributed by atoms with Crippen LogP contribution in [0.3, 0.4) is 0 Å². The number of oxazole rings is 1. The highest BCUT2D eigenvalue weighted by Gasteiger charge is 2.28. The molecule has 6 nitrogen and oxygen atoms in total. The van der Waals surface area contributed by atoms with Gasteiger partial charge in [-0.15, -0.1) is 5.10 Å². The Labute approximate surface area is 89.1 Å². The van der Waals surface area contributed by atoms with Gasteiger partial charge in [0.1, 0.15) is 18.5 Å². The number of halogens is 2. The van der Waals surface area contributed by atoms with Crippen molar-refractivity contribution in [1.29, 1.82) is 0 Å². The topological polar surface area (TPSA) is 82.8 Å². The zero-order chi connectivity index (χ0) is 11.8. The van der Waals surface area contributed by atoms with Crippen LogP contribution >= 0.6 is 0 Å². The first kappa shape index (κ1) is 10.5. The van der Waals surface area contributed by atoms with E-state index in [0.29, 0.717) is 0 Å². The third-order valence-electron chi connectivity index (χ3n) is 1.83. The molecule has 8 heteroatoms. The lowest BCUT2D eigenvalue weighted by Crippen LogP contribution is -2.09. The lowest BCUT2D eigenvalue weighted by atomic mass is 10.3. The zero-order valence-corrected chi connectivity index (χ0v) is 8.39. The summed E-state index contributed by atoms with van der Waals surface area (Å²) < 4.78 is 30.5. The Morgan fingerprint density at radius 3 is 2.81 bits per heavy atom. The van der Waals surface area contributed by atoms with E-state index in [1.54, 1.807) is 0 Å². The monoisotopic (exact) mass is 229 g/mol. The number of nitrogens with zero attached hydrogens (tertiary/aromatic N) is 4. The van der Waals surface area contributed by atoms with Gasteiger partial charge in [-0.3, -0.25) is 0 Å². The molecular weight excluding hydrogens is 220 g/mol. The predicted molar refractivity (Wildman–Crippen MR) is 49.6 cm³/mol. The van der Waals surface area contributed by atoms with E-state index in [0.717, 1.165) is 13.2 Å². The Balaban J connectivity index is 2.14. The standard InChI is InChI=1S/C8H9F2N5O/c1-8(9,10)5-4-16-7(13-5)3-15-12-2-6(11)14-15/h2,4H,3H2,1H3,(H2,11,14). The molecule has 2 aromatic heterocycles. The van der Waals surface area contributed by atoms with Crippen LogP contribution in [-0.2, 0) is 12.5 Å². The van der Waals surface area contributed by atoms with Gasteiger partial charge in [-0.25, -0.2) is 4.98 Å². The van der Waals surface area contributed by atoms with Gasteiger partial charge in [0.05, 0.1) is 6.20 Å². The summed E-state index contributed by atoms with van der Waals surface area (Å²) in [5.41, 5.74) is 4.93. The number of alkyl halides is 2. The van der Waals surface area contributed by atoms with Crippen molar-refractivity contribution in [2.75, 3.05) is 5.73 Å². The van der Waals surface area contributed by atoms with Gasteiger partial charge in [-0.2, -0.15) is 18.7 Å². The zero-order valence-electron chi connectivity index (χ0n) is 8.39. The Hall–Kier alpha value is -1.99. The molecule has 0 bridgehead atoms. The predicted octanol–water partition coefficient (Wildman–Crippen LogP) is 1.01. The first-order valence-corrected chi connectivity index (χ1v) is 4.43. The molecule has 0 aromatic carbocycles. The van der Waals surface area contributed by atoms with Crippen molar-refractivity contribution in [2.24, 2.45) is 0 Å². The summed E-state index contributed by atoms with van der Waals surface area (Å²) in [6.07, 6.45) is 2.26. The molecule has 2 heterocycles. The van der Waals surface area contributed by atoms with Crippen LogP contribution < -0.4 is 5.73 Å². The molecule has 0 aliphatic rings. The molecule has 0 radical (unpaired) electrons. The van der Waals surface area contributed by atoms with Crippen molar-refractivity contribution in [1.82, 2.24) is 20.0 Å². The van der Waals surface area contributed by atoms with Crippen LogP contribution in [0.15, 0.2) is 16.9 Å². The molecule has 0 atom stereocenters. The maximum atomic E-state index is 12.8. The average molecular weight is 229 g/mol. The van der Waals surface area contributed by atoms with E-state index in [9.17, 15) is 8.78 Å². The number of hydrogen-bond acceptors (Lipinski definition) is 5. The fraction of sp³-hybridized carbons (Fsp3) is 0.375. The number of aromatic nitrogens is 4. The molecular formula is C8H9F2N5O. The molecule has 0 unspecified atom stereocenters. The summed E-state index contributed by atoms with van der Waals surface area (Å²) in [7, 11) is 0. The number of nitrogens with two attached hydrogens (primary N) is 1. The van der Waals surface area contributed by atoms with Gasteiger partial charge in [0.2, 0.25) is 5.89 Å². The molecule has 0 aliphatic carbocycles. The SMILES string of the molecule is CC(F)(F)c1coc(Cn2ncc(N)n2)n1. The van der Waals surface area contributed by atoms with Crippen molar-refractivity contribution in [3.05, 3.63) is 24.0 Å². The Morgan fingerprint density at radius 2 is 2.31 bits per heavy atom. The highest BCUT2D eigenvalue weighted by Crippen LogP contribution is 2.25. The molecule has 0 aliphatic heterocycles. The van der Waals surface area contributed by atoms with Crippen molar-refractivity contribution in [3.8, 4) is 0 Å². The Morgan fingerprint density at radius 1 is 1.56 bits per heavy atom. The fourth-order valence-corrected chi connectivity index (χ4v) is 1.09. The molecule has 0 saturated carbocycles. The Kier molecular flexibility index (Phi) is 2.33. The summed E-state index contributed by atoms with van der Waals surface area (Å²) in [5.74, 6) is -2.67. The van der Waals surface area contributed by atoms with E-state index in [2.05, 4.69) is 15.2 Å². The van der Waals surface area contributed by atoms with Gasteiger partial charge in [0.15, 0.2) is 5.82 Å². The third kappa shape index (κ3) is 2.15. The first-order chi connectivity index (χ1) is 7.45. The lowest BCUT2D eigenvalue weighted by Gasteiger charge is -2.03. The second-order valence-corrected chi connectivity index (χ2v) is 3.31. The molecule has 16 heavy (non-hydrogen) atoms. The fourth-order valence-electron chi connectivity index (χ4n) is 1.09. The van der Waals surface area contributed by atoms with Crippen molar-refractivity contribution in [2.45, 2.75) is 19.4 Å². The molecule has 0 fully saturated rings. The van der Waals surface area contributed by atoms with Crippen LogP contribution in [0.4, 0.5) is 14.6 Å². The van der Waals surface area contributed by atoms with Crippen LogP contribution in [0.1, 0.15) is 18.5 Å². The van der Waals surface area contributed by atoms with E-state index >= 15 is 0 Å². The Bertz CT molecular complexity index is 487. The number of rotatable bonds is 3. The summed E-state index contributed by atoms with van der Waals surface area (Å²) in [5, 5.41) is 7.55. The minimum atomic E-state index is -3.02. The maximum absolute atomic E-state index is 12.8. The van der Waals surface area contributed by atoms with Gasteiger partial charge in [-0.1, -0.05) is 0 Å². The molecule has 86 valence electrons. The van der Waals surface area contributed by atoms with E-state index in [1.165, 1.54) is 11.0 Å². The molecule has 0 spiro atoms. The second kappa shape index (κ2) is 3.54. The lowest BCUT2D eigenvalue weighted by molar-refractivity contribution is 0.0126. The van der Waals surface area contributed by atoms with Crippen LogP contribution in [0.25, 0.3) is 0 Å². The normalized spacial score (nSPS) is 11.9. The largest absolute Gasteiger partial charge is 0.446 e.